The summed E-state index contributed by atoms with van der Waals surface area (Å²) in [5, 5.41) is 14.7. The lowest BCUT2D eigenvalue weighted by atomic mass is 9.50. The van der Waals surface area contributed by atoms with Crippen LogP contribution in [-0.4, -0.2) is 76.6 Å². The minimum Gasteiger partial charge on any atom is -0.458 e. The van der Waals surface area contributed by atoms with Crippen molar-refractivity contribution in [3.63, 3.8) is 0 Å². The molecule has 4 heterocycles. The molecular formula is C30H37NO8. The number of hydrogen-bond acceptors (Lipinski definition) is 8. The summed E-state index contributed by atoms with van der Waals surface area (Å²) in [4.78, 5) is 40.5. The maximum atomic E-state index is 14.5. The number of fused-ring (bicyclic) bond motifs is 5. The van der Waals surface area contributed by atoms with Gasteiger partial charge in [0, 0.05) is 30.7 Å². The van der Waals surface area contributed by atoms with Gasteiger partial charge in [0.05, 0.1) is 23.9 Å². The highest BCUT2D eigenvalue weighted by Gasteiger charge is 2.84. The van der Waals surface area contributed by atoms with Crippen molar-refractivity contribution < 1.29 is 38.4 Å². The van der Waals surface area contributed by atoms with Crippen LogP contribution in [-0.2, 0) is 39.8 Å². The van der Waals surface area contributed by atoms with Gasteiger partial charge in [-0.25, -0.2) is 0 Å². The first-order chi connectivity index (χ1) is 18.4. The van der Waals surface area contributed by atoms with Crippen molar-refractivity contribution >= 4 is 17.7 Å². The monoisotopic (exact) mass is 539 g/mol. The highest BCUT2D eigenvalue weighted by Crippen LogP contribution is 2.70. The van der Waals surface area contributed by atoms with Gasteiger partial charge in [-0.3, -0.25) is 14.4 Å². The summed E-state index contributed by atoms with van der Waals surface area (Å²) in [6.45, 7) is 8.81. The zero-order chi connectivity index (χ0) is 27.6. The number of esters is 1. The first-order valence-corrected chi connectivity index (χ1v) is 14.2. The summed E-state index contributed by atoms with van der Waals surface area (Å²) in [6.07, 6.45) is -2.50. The second kappa shape index (κ2) is 8.12. The molecule has 0 bridgehead atoms. The fourth-order valence-electron chi connectivity index (χ4n) is 8.82. The number of carbonyl (C=O) groups is 3. The molecule has 6 fully saturated rings. The van der Waals surface area contributed by atoms with Crippen molar-refractivity contribution in [2.24, 2.45) is 29.1 Å². The molecule has 1 aromatic rings. The lowest BCUT2D eigenvalue weighted by Gasteiger charge is -2.50. The Kier molecular flexibility index (Phi) is 5.33. The molecule has 0 radical (unpaired) electrons. The number of benzene rings is 1. The highest BCUT2D eigenvalue weighted by molar-refractivity contribution is 5.91. The van der Waals surface area contributed by atoms with Gasteiger partial charge < -0.3 is 29.4 Å². The van der Waals surface area contributed by atoms with E-state index in [1.54, 1.807) is 6.92 Å². The molecule has 2 aliphatic carbocycles. The summed E-state index contributed by atoms with van der Waals surface area (Å²) in [5.41, 5.74) is -2.36. The SMILES string of the molecule is CC(=O)O[C@@H]1[C@@H]2O[C@H]2[C@@](C)(O)C(=O)[C@@H](C)C[C@H]2O[C@@H]2[C@H]2[C@@H]3O[C@]3(C)[C@@H](C)[C@H]3[C@H](Cc4ccccc4)NC(=O)[C@]321. The first-order valence-electron chi connectivity index (χ1n) is 14.2. The number of hydrogen-bond donors (Lipinski definition) is 2. The van der Waals surface area contributed by atoms with Crippen LogP contribution in [0.3, 0.4) is 0 Å². The first kappa shape index (κ1) is 25.6. The third-order valence-electron chi connectivity index (χ3n) is 10.9. The normalized spacial score (nSPS) is 53.0. The average molecular weight is 540 g/mol. The number of amides is 1. The molecular weight excluding hydrogens is 502 g/mol. The molecule has 6 aliphatic rings. The second-order valence-electron chi connectivity index (χ2n) is 13.1. The standard InChI is InChI=1S/C30H37NO8/c1-13-11-18-21(37-18)20-24-29(5,39-24)14(2)19-17(12-16-9-7-6-8-10-16)31-27(34)30(19,20)26(36-15(3)32)22-25(38-22)28(4,35)23(13)33/h6-10,13-14,17-22,24-26,35H,11-12H2,1-5H3,(H,31,34)/t13-,14-,17-,18+,19-,20-,21-,22+,24-,25+,26+,28-,29+,30+/m0/s1. The molecule has 9 heteroatoms. The van der Waals surface area contributed by atoms with Crippen LogP contribution in [0.5, 0.6) is 0 Å². The van der Waals surface area contributed by atoms with Crippen molar-refractivity contribution in [2.75, 3.05) is 0 Å². The molecule has 0 aromatic heterocycles. The van der Waals surface area contributed by atoms with Gasteiger partial charge in [-0.2, -0.15) is 0 Å². The van der Waals surface area contributed by atoms with Gasteiger partial charge in [-0.1, -0.05) is 44.2 Å². The number of aliphatic hydroxyl groups is 1. The molecule has 7 rings (SSSR count). The van der Waals surface area contributed by atoms with Gasteiger partial charge in [-0.05, 0) is 38.2 Å². The molecule has 1 spiro atoms. The van der Waals surface area contributed by atoms with Crippen LogP contribution in [0, 0.1) is 29.1 Å². The predicted molar refractivity (Wildman–Crippen MR) is 136 cm³/mol. The maximum Gasteiger partial charge on any atom is 0.303 e. The zero-order valence-corrected chi connectivity index (χ0v) is 23.0. The summed E-state index contributed by atoms with van der Waals surface area (Å²) >= 11 is 0. The summed E-state index contributed by atoms with van der Waals surface area (Å²) in [7, 11) is 0. The lowest BCUT2D eigenvalue weighted by molar-refractivity contribution is -0.175. The number of Topliss-reactive ketones (excluding diaryl/α,β-unsaturated/α-hetero) is 1. The Balaban J connectivity index is 1.40. The van der Waals surface area contributed by atoms with Gasteiger partial charge in [0.25, 0.3) is 0 Å². The summed E-state index contributed by atoms with van der Waals surface area (Å²) < 4.78 is 24.8. The van der Waals surface area contributed by atoms with Crippen molar-refractivity contribution in [1.29, 1.82) is 0 Å². The van der Waals surface area contributed by atoms with E-state index in [9.17, 15) is 19.5 Å². The molecule has 9 nitrogen and oxygen atoms in total. The number of rotatable bonds is 3. The number of nitrogens with one attached hydrogen (secondary N) is 1. The van der Waals surface area contributed by atoms with Gasteiger partial charge in [-0.15, -0.1) is 0 Å². The summed E-state index contributed by atoms with van der Waals surface area (Å²) in [5.74, 6) is -2.25. The molecule has 14 atom stereocenters. The Morgan fingerprint density at radius 3 is 2.49 bits per heavy atom. The molecule has 39 heavy (non-hydrogen) atoms. The van der Waals surface area contributed by atoms with Crippen molar-refractivity contribution in [2.45, 2.75) is 101 Å². The average Bonchev–Trinajstić information content (AvgIpc) is 3.79. The predicted octanol–water partition coefficient (Wildman–Crippen LogP) is 1.58. The Morgan fingerprint density at radius 2 is 1.79 bits per heavy atom. The van der Waals surface area contributed by atoms with Crippen LogP contribution in [0.2, 0.25) is 0 Å². The van der Waals surface area contributed by atoms with E-state index in [4.69, 9.17) is 18.9 Å². The van der Waals surface area contributed by atoms with Crippen LogP contribution in [0.25, 0.3) is 0 Å². The van der Waals surface area contributed by atoms with E-state index in [2.05, 4.69) is 19.2 Å². The highest BCUT2D eigenvalue weighted by atomic mass is 16.6. The van der Waals surface area contributed by atoms with E-state index in [0.29, 0.717) is 12.8 Å². The van der Waals surface area contributed by atoms with Gasteiger partial charge in [0.2, 0.25) is 5.91 Å². The zero-order valence-electron chi connectivity index (χ0n) is 23.0. The van der Waals surface area contributed by atoms with Crippen LogP contribution >= 0.6 is 0 Å². The van der Waals surface area contributed by atoms with E-state index in [1.165, 1.54) is 13.8 Å². The van der Waals surface area contributed by atoms with E-state index in [0.717, 1.165) is 5.56 Å². The Hall–Kier alpha value is -2.33. The minimum absolute atomic E-state index is 0.0509. The van der Waals surface area contributed by atoms with Crippen LogP contribution in [0.15, 0.2) is 30.3 Å². The fraction of sp³-hybridized carbons (Fsp3) is 0.700. The third-order valence-corrected chi connectivity index (χ3v) is 10.9. The maximum absolute atomic E-state index is 14.5. The van der Waals surface area contributed by atoms with Crippen LogP contribution < -0.4 is 5.32 Å². The van der Waals surface area contributed by atoms with Crippen LogP contribution in [0.4, 0.5) is 0 Å². The smallest absolute Gasteiger partial charge is 0.303 e. The number of ether oxygens (including phenoxy) is 4. The lowest BCUT2D eigenvalue weighted by Crippen LogP contribution is -2.64. The topological polar surface area (TPSA) is 130 Å². The van der Waals surface area contributed by atoms with Gasteiger partial charge in [0.1, 0.15) is 29.3 Å². The Labute approximate surface area is 227 Å². The second-order valence-corrected chi connectivity index (χ2v) is 13.1. The van der Waals surface area contributed by atoms with Gasteiger partial charge >= 0.3 is 5.97 Å². The quantitative estimate of drug-likeness (QED) is 0.438. The molecule has 0 unspecified atom stereocenters. The summed E-state index contributed by atoms with van der Waals surface area (Å²) in [6, 6.07) is 9.79. The number of epoxide rings is 3. The molecule has 1 amide bonds. The molecule has 4 saturated heterocycles. The number of ketones is 1. The van der Waals surface area contributed by atoms with E-state index >= 15 is 0 Å². The Bertz CT molecular complexity index is 1230. The van der Waals surface area contributed by atoms with E-state index < -0.39 is 52.7 Å². The van der Waals surface area contributed by atoms with E-state index in [-0.39, 0.29) is 47.9 Å². The van der Waals surface area contributed by atoms with Gasteiger partial charge in [0.15, 0.2) is 5.78 Å². The molecule has 1 aromatic carbocycles. The minimum atomic E-state index is -1.79. The molecule has 210 valence electrons. The fourth-order valence-corrected chi connectivity index (χ4v) is 8.82. The van der Waals surface area contributed by atoms with Crippen molar-refractivity contribution in [3.8, 4) is 0 Å². The third kappa shape index (κ3) is 3.42. The van der Waals surface area contributed by atoms with E-state index in [1.807, 2.05) is 30.3 Å². The van der Waals surface area contributed by atoms with Crippen molar-refractivity contribution in [1.82, 2.24) is 5.32 Å². The molecule has 4 aliphatic heterocycles. The largest absolute Gasteiger partial charge is 0.458 e. The molecule has 2 N–H and O–H groups in total. The molecule has 2 saturated carbocycles. The van der Waals surface area contributed by atoms with Crippen molar-refractivity contribution in [3.05, 3.63) is 35.9 Å². The Morgan fingerprint density at radius 1 is 1.08 bits per heavy atom. The van der Waals surface area contributed by atoms with Crippen LogP contribution in [0.1, 0.15) is 46.6 Å². The number of carbonyl (C=O) groups excluding carboxylic acids is 3.